The van der Waals surface area contributed by atoms with Gasteiger partial charge in [0.2, 0.25) is 0 Å². The van der Waals surface area contributed by atoms with Crippen molar-refractivity contribution in [1.82, 2.24) is 0 Å². The van der Waals surface area contributed by atoms with E-state index in [9.17, 15) is 4.79 Å². The highest BCUT2D eigenvalue weighted by Crippen LogP contribution is 2.07. The van der Waals surface area contributed by atoms with Gasteiger partial charge in [0.15, 0.2) is 6.61 Å². The number of carbonyl (C=O) groups excluding carboxylic acids is 1. The highest BCUT2D eigenvalue weighted by Gasteiger charge is 2.00. The summed E-state index contributed by atoms with van der Waals surface area (Å²) in [6.07, 6.45) is 10.0. The Balaban J connectivity index is 3.03. The van der Waals surface area contributed by atoms with Crippen molar-refractivity contribution < 1.29 is 14.4 Å². The van der Waals surface area contributed by atoms with Crippen molar-refractivity contribution >= 4 is 5.97 Å². The van der Waals surface area contributed by atoms with Crippen LogP contribution >= 0.6 is 0 Å². The molecule has 94 valence electrons. The van der Waals surface area contributed by atoms with Crippen LogP contribution in [0, 0.1) is 0 Å². The Hall–Kier alpha value is -0.870. The Morgan fingerprint density at radius 3 is 2.38 bits per heavy atom. The van der Waals surface area contributed by atoms with Crippen LogP contribution < -0.4 is 5.90 Å². The molecule has 0 aromatic rings. The lowest BCUT2D eigenvalue weighted by Gasteiger charge is -2.03. The molecule has 0 amide bonds. The molecule has 0 heterocycles. The number of ether oxygens (including phenoxy) is 1. The fourth-order valence-corrected chi connectivity index (χ4v) is 1.39. The van der Waals surface area contributed by atoms with Gasteiger partial charge in [-0.15, -0.1) is 6.58 Å². The topological polar surface area (TPSA) is 61.5 Å². The van der Waals surface area contributed by atoms with Gasteiger partial charge >= 0.3 is 5.97 Å². The zero-order valence-electron chi connectivity index (χ0n) is 9.95. The van der Waals surface area contributed by atoms with Gasteiger partial charge in [-0.3, -0.25) is 4.84 Å². The molecule has 0 aliphatic heterocycles. The molecule has 0 aromatic heterocycles. The normalized spacial score (nSPS) is 10.1. The molecule has 0 aliphatic carbocycles. The van der Waals surface area contributed by atoms with Gasteiger partial charge in [-0.1, -0.05) is 31.8 Å². The molecule has 0 spiro atoms. The van der Waals surface area contributed by atoms with Crippen LogP contribution in [-0.4, -0.2) is 19.2 Å². The summed E-state index contributed by atoms with van der Waals surface area (Å²) in [5.41, 5.74) is 0. The number of hydrogen-bond acceptors (Lipinski definition) is 4. The molecule has 0 radical (unpaired) electrons. The molecule has 0 atom stereocenters. The number of nitrogens with two attached hydrogens (primary N) is 1. The van der Waals surface area contributed by atoms with Gasteiger partial charge in [-0.2, -0.15) is 0 Å². The van der Waals surface area contributed by atoms with Crippen molar-refractivity contribution in [3.05, 3.63) is 12.7 Å². The predicted molar refractivity (Wildman–Crippen MR) is 63.6 cm³/mol. The molecule has 0 aliphatic rings. The van der Waals surface area contributed by atoms with Crippen molar-refractivity contribution in [3.63, 3.8) is 0 Å². The van der Waals surface area contributed by atoms with Crippen molar-refractivity contribution in [1.29, 1.82) is 0 Å². The van der Waals surface area contributed by atoms with E-state index in [1.165, 1.54) is 25.7 Å². The molecule has 4 heteroatoms. The summed E-state index contributed by atoms with van der Waals surface area (Å²) in [4.78, 5) is 15.0. The minimum Gasteiger partial charge on any atom is -0.464 e. The number of unbranched alkanes of at least 4 members (excludes halogenated alkanes) is 6. The van der Waals surface area contributed by atoms with Crippen molar-refractivity contribution in [3.8, 4) is 0 Å². The minimum atomic E-state index is -0.395. The van der Waals surface area contributed by atoms with Gasteiger partial charge < -0.3 is 4.74 Å². The quantitative estimate of drug-likeness (QED) is 0.256. The van der Waals surface area contributed by atoms with E-state index in [1.54, 1.807) is 0 Å². The van der Waals surface area contributed by atoms with E-state index >= 15 is 0 Å². The Kier molecular flexibility index (Phi) is 11.5. The van der Waals surface area contributed by atoms with Gasteiger partial charge in [-0.25, -0.2) is 10.7 Å². The van der Waals surface area contributed by atoms with Gasteiger partial charge in [-0.05, 0) is 19.3 Å². The summed E-state index contributed by atoms with van der Waals surface area (Å²) in [7, 11) is 0. The fourth-order valence-electron chi connectivity index (χ4n) is 1.39. The smallest absolute Gasteiger partial charge is 0.334 e. The molecule has 0 rings (SSSR count). The van der Waals surface area contributed by atoms with E-state index in [2.05, 4.69) is 11.4 Å². The summed E-state index contributed by atoms with van der Waals surface area (Å²) in [5, 5.41) is 0. The molecule has 0 fully saturated rings. The molecule has 0 saturated heterocycles. The Morgan fingerprint density at radius 2 is 1.75 bits per heavy atom. The summed E-state index contributed by atoms with van der Waals surface area (Å²) >= 11 is 0. The van der Waals surface area contributed by atoms with Crippen LogP contribution in [0.25, 0.3) is 0 Å². The predicted octanol–water partition coefficient (Wildman–Crippen LogP) is 2.34. The number of esters is 1. The van der Waals surface area contributed by atoms with Crippen LogP contribution in [0.1, 0.15) is 44.9 Å². The first-order chi connectivity index (χ1) is 7.81. The first-order valence-corrected chi connectivity index (χ1v) is 5.89. The van der Waals surface area contributed by atoms with Crippen LogP contribution in [-0.2, 0) is 14.4 Å². The average molecular weight is 229 g/mol. The summed E-state index contributed by atoms with van der Waals surface area (Å²) in [6.45, 7) is 3.98. The van der Waals surface area contributed by atoms with Crippen LogP contribution in [0.2, 0.25) is 0 Å². The average Bonchev–Trinajstić information content (AvgIpc) is 2.27. The van der Waals surface area contributed by atoms with Gasteiger partial charge in [0.25, 0.3) is 0 Å². The fraction of sp³-hybridized carbons (Fsp3) is 0.750. The molecular weight excluding hydrogens is 206 g/mol. The van der Waals surface area contributed by atoms with Gasteiger partial charge in [0.1, 0.15) is 0 Å². The van der Waals surface area contributed by atoms with Gasteiger partial charge in [0, 0.05) is 0 Å². The second kappa shape index (κ2) is 12.2. The third-order valence-corrected chi connectivity index (χ3v) is 2.27. The zero-order chi connectivity index (χ0) is 12.1. The highest BCUT2D eigenvalue weighted by atomic mass is 16.6. The Bertz CT molecular complexity index is 183. The summed E-state index contributed by atoms with van der Waals surface area (Å²) in [6, 6.07) is 0. The lowest BCUT2D eigenvalue weighted by Crippen LogP contribution is -2.15. The molecule has 16 heavy (non-hydrogen) atoms. The van der Waals surface area contributed by atoms with E-state index < -0.39 is 5.97 Å². The lowest BCUT2D eigenvalue weighted by atomic mass is 10.1. The van der Waals surface area contributed by atoms with Crippen LogP contribution in [0.5, 0.6) is 0 Å². The molecule has 2 N–H and O–H groups in total. The summed E-state index contributed by atoms with van der Waals surface area (Å²) < 4.78 is 4.87. The minimum absolute atomic E-state index is 0.165. The van der Waals surface area contributed by atoms with E-state index in [0.29, 0.717) is 6.61 Å². The van der Waals surface area contributed by atoms with Crippen LogP contribution in [0.3, 0.4) is 0 Å². The van der Waals surface area contributed by atoms with Crippen LogP contribution in [0.4, 0.5) is 0 Å². The molecule has 0 saturated carbocycles. The maximum atomic E-state index is 10.8. The lowest BCUT2D eigenvalue weighted by molar-refractivity contribution is -0.149. The molecule has 0 bridgehead atoms. The first kappa shape index (κ1) is 15.1. The van der Waals surface area contributed by atoms with Gasteiger partial charge in [0.05, 0.1) is 6.61 Å². The molecule has 0 unspecified atom stereocenters. The largest absolute Gasteiger partial charge is 0.464 e. The third-order valence-electron chi connectivity index (χ3n) is 2.27. The van der Waals surface area contributed by atoms with E-state index in [1.807, 2.05) is 6.08 Å². The second-order valence-corrected chi connectivity index (χ2v) is 3.73. The Morgan fingerprint density at radius 1 is 1.12 bits per heavy atom. The monoisotopic (exact) mass is 229 g/mol. The van der Waals surface area contributed by atoms with E-state index in [-0.39, 0.29) is 6.61 Å². The van der Waals surface area contributed by atoms with E-state index in [0.717, 1.165) is 19.3 Å². The molecule has 4 nitrogen and oxygen atoms in total. The van der Waals surface area contributed by atoms with Crippen molar-refractivity contribution in [2.24, 2.45) is 5.90 Å². The SMILES string of the molecule is C=CCCCCCCCCOC(=O)CON. The standard InChI is InChI=1S/C12H23NO3/c1-2-3-4-5-6-7-8-9-10-15-12(14)11-16-13/h2H,1,3-11,13H2. The second-order valence-electron chi connectivity index (χ2n) is 3.73. The van der Waals surface area contributed by atoms with E-state index in [4.69, 9.17) is 10.6 Å². The number of rotatable bonds is 11. The number of hydrogen-bond donors (Lipinski definition) is 1. The first-order valence-electron chi connectivity index (χ1n) is 5.89. The molecular formula is C12H23NO3. The maximum absolute atomic E-state index is 10.8. The highest BCUT2D eigenvalue weighted by molar-refractivity contribution is 5.70. The zero-order valence-corrected chi connectivity index (χ0v) is 9.95. The van der Waals surface area contributed by atoms with Crippen molar-refractivity contribution in [2.75, 3.05) is 13.2 Å². The summed E-state index contributed by atoms with van der Waals surface area (Å²) in [5.74, 6) is 4.34. The molecule has 0 aromatic carbocycles. The van der Waals surface area contributed by atoms with Crippen LogP contribution in [0.15, 0.2) is 12.7 Å². The number of allylic oxidation sites excluding steroid dienone is 1. The van der Waals surface area contributed by atoms with Crippen molar-refractivity contribution in [2.45, 2.75) is 44.9 Å². The third kappa shape index (κ3) is 11.2. The maximum Gasteiger partial charge on any atom is 0.334 e. The number of carbonyl (C=O) groups is 1. The Labute approximate surface area is 97.7 Å².